The first kappa shape index (κ1) is 16.7. The Labute approximate surface area is 130 Å². The highest BCUT2D eigenvalue weighted by molar-refractivity contribution is 7.80. The molecule has 0 aromatic heterocycles. The number of thiocarbonyl (C=S) groups is 1. The molecule has 0 saturated carbocycles. The summed E-state index contributed by atoms with van der Waals surface area (Å²) in [5.41, 5.74) is 7.24. The van der Waals surface area contributed by atoms with Crippen LogP contribution >= 0.6 is 23.8 Å². The third-order valence-electron chi connectivity index (χ3n) is 2.73. The fourth-order valence-corrected chi connectivity index (χ4v) is 2.23. The molecule has 0 unspecified atom stereocenters. The van der Waals surface area contributed by atoms with Crippen molar-refractivity contribution in [2.75, 3.05) is 18.0 Å². The van der Waals surface area contributed by atoms with E-state index >= 15 is 0 Å². The maximum atomic E-state index is 11.9. The predicted molar refractivity (Wildman–Crippen MR) is 88.5 cm³/mol. The Balaban J connectivity index is 3.00. The molecule has 1 aromatic carbocycles. The Bertz CT molecular complexity index is 505. The number of hydrogen-bond donors (Lipinski definition) is 2. The number of carbonyl (C=O) groups is 1. The van der Waals surface area contributed by atoms with E-state index in [4.69, 9.17) is 29.6 Å². The second-order valence-electron chi connectivity index (χ2n) is 4.76. The second kappa shape index (κ2) is 7.45. The maximum Gasteiger partial charge on any atom is 0.239 e. The lowest BCUT2D eigenvalue weighted by molar-refractivity contribution is -0.120. The zero-order chi connectivity index (χ0) is 15.3. The van der Waals surface area contributed by atoms with Crippen LogP contribution in [0.5, 0.6) is 0 Å². The van der Waals surface area contributed by atoms with Gasteiger partial charge < -0.3 is 16.0 Å². The molecular formula is C14H20ClN3OS. The van der Waals surface area contributed by atoms with Crippen molar-refractivity contribution in [2.24, 2.45) is 5.73 Å². The summed E-state index contributed by atoms with van der Waals surface area (Å²) < 4.78 is 0. The van der Waals surface area contributed by atoms with Gasteiger partial charge >= 0.3 is 0 Å². The smallest absolute Gasteiger partial charge is 0.239 e. The van der Waals surface area contributed by atoms with Crippen molar-refractivity contribution >= 4 is 40.4 Å². The van der Waals surface area contributed by atoms with E-state index in [1.807, 2.05) is 31.7 Å². The molecule has 0 saturated heterocycles. The summed E-state index contributed by atoms with van der Waals surface area (Å²) >= 11 is 11.0. The Morgan fingerprint density at radius 3 is 2.65 bits per heavy atom. The van der Waals surface area contributed by atoms with Crippen LogP contribution in [0, 0.1) is 0 Å². The third kappa shape index (κ3) is 4.65. The third-order valence-corrected chi connectivity index (χ3v) is 3.19. The quantitative estimate of drug-likeness (QED) is 0.791. The van der Waals surface area contributed by atoms with Gasteiger partial charge in [-0.3, -0.25) is 4.79 Å². The first-order chi connectivity index (χ1) is 9.35. The number of carbonyl (C=O) groups excluding carboxylic acids is 1. The topological polar surface area (TPSA) is 58.4 Å². The van der Waals surface area contributed by atoms with Crippen LogP contribution in [0.3, 0.4) is 0 Å². The number of likely N-dealkylation sites (N-methyl/N-ethyl adjacent to an activating group) is 1. The van der Waals surface area contributed by atoms with Crippen molar-refractivity contribution in [1.29, 1.82) is 0 Å². The van der Waals surface area contributed by atoms with Gasteiger partial charge in [-0.2, -0.15) is 0 Å². The summed E-state index contributed by atoms with van der Waals surface area (Å²) in [5, 5.41) is 3.44. The van der Waals surface area contributed by atoms with Crippen molar-refractivity contribution in [2.45, 2.75) is 26.8 Å². The number of hydrogen-bond acceptors (Lipinski definition) is 3. The van der Waals surface area contributed by atoms with Crippen LogP contribution in [-0.2, 0) is 4.79 Å². The Morgan fingerprint density at radius 2 is 2.15 bits per heavy atom. The molecule has 0 heterocycles. The van der Waals surface area contributed by atoms with Crippen LogP contribution < -0.4 is 16.0 Å². The van der Waals surface area contributed by atoms with E-state index in [2.05, 4.69) is 5.32 Å². The van der Waals surface area contributed by atoms with Crippen molar-refractivity contribution in [3.05, 3.63) is 28.8 Å². The lowest BCUT2D eigenvalue weighted by Gasteiger charge is -2.25. The van der Waals surface area contributed by atoms with E-state index in [9.17, 15) is 4.79 Å². The Morgan fingerprint density at radius 1 is 1.50 bits per heavy atom. The summed E-state index contributed by atoms with van der Waals surface area (Å²) in [6.45, 7) is 6.75. The second-order valence-corrected chi connectivity index (χ2v) is 5.64. The molecule has 6 heteroatoms. The van der Waals surface area contributed by atoms with E-state index in [0.29, 0.717) is 17.1 Å². The molecule has 0 aliphatic rings. The molecule has 1 aromatic rings. The Kier molecular flexibility index (Phi) is 6.23. The van der Waals surface area contributed by atoms with Crippen molar-refractivity contribution in [3.8, 4) is 0 Å². The van der Waals surface area contributed by atoms with Gasteiger partial charge in [0.2, 0.25) is 5.91 Å². The summed E-state index contributed by atoms with van der Waals surface area (Å²) in [6, 6.07) is 5.44. The minimum absolute atomic E-state index is 0.0364. The van der Waals surface area contributed by atoms with Crippen LogP contribution in [0.15, 0.2) is 18.2 Å². The molecule has 0 radical (unpaired) electrons. The van der Waals surface area contributed by atoms with Gasteiger partial charge in [0.15, 0.2) is 0 Å². The molecule has 110 valence electrons. The van der Waals surface area contributed by atoms with Crippen molar-refractivity contribution in [1.82, 2.24) is 5.32 Å². The molecule has 0 atom stereocenters. The lowest BCUT2D eigenvalue weighted by Crippen LogP contribution is -2.40. The number of rotatable bonds is 6. The number of halogens is 1. The first-order valence-corrected chi connectivity index (χ1v) is 7.27. The number of amides is 1. The van der Waals surface area contributed by atoms with E-state index in [1.54, 1.807) is 12.1 Å². The highest BCUT2D eigenvalue weighted by atomic mass is 35.5. The largest absolute Gasteiger partial charge is 0.389 e. The van der Waals surface area contributed by atoms with Crippen LogP contribution in [0.1, 0.15) is 26.3 Å². The molecule has 0 fully saturated rings. The van der Waals surface area contributed by atoms with Crippen molar-refractivity contribution < 1.29 is 4.79 Å². The molecule has 1 rings (SSSR count). The minimum atomic E-state index is -0.0364. The van der Waals surface area contributed by atoms with E-state index in [0.717, 1.165) is 5.69 Å². The molecule has 1 amide bonds. The summed E-state index contributed by atoms with van der Waals surface area (Å²) in [7, 11) is 0. The predicted octanol–water partition coefficient (Wildman–Crippen LogP) is 2.33. The van der Waals surface area contributed by atoms with Crippen LogP contribution in [0.4, 0.5) is 5.69 Å². The van der Waals surface area contributed by atoms with Gasteiger partial charge in [0.1, 0.15) is 4.99 Å². The zero-order valence-corrected chi connectivity index (χ0v) is 13.5. The normalized spacial score (nSPS) is 10.4. The highest BCUT2D eigenvalue weighted by Gasteiger charge is 2.15. The van der Waals surface area contributed by atoms with Gasteiger partial charge in [-0.25, -0.2) is 0 Å². The highest BCUT2D eigenvalue weighted by Crippen LogP contribution is 2.24. The monoisotopic (exact) mass is 313 g/mol. The lowest BCUT2D eigenvalue weighted by atomic mass is 10.1. The molecule has 20 heavy (non-hydrogen) atoms. The standard InChI is InChI=1S/C14H20ClN3OS/c1-4-18(8-13(19)17-9(2)3)12-6-5-10(15)7-11(12)14(16)20/h5-7,9H,4,8H2,1-3H3,(H2,16,20)(H,17,19). The van der Waals surface area contributed by atoms with E-state index in [1.165, 1.54) is 0 Å². The summed E-state index contributed by atoms with van der Waals surface area (Å²) in [4.78, 5) is 14.1. The number of nitrogens with zero attached hydrogens (tertiary/aromatic N) is 1. The number of anilines is 1. The van der Waals surface area contributed by atoms with E-state index < -0.39 is 0 Å². The van der Waals surface area contributed by atoms with Gasteiger partial charge in [0, 0.05) is 28.9 Å². The van der Waals surface area contributed by atoms with Gasteiger partial charge in [0.05, 0.1) is 6.54 Å². The van der Waals surface area contributed by atoms with Crippen molar-refractivity contribution in [3.63, 3.8) is 0 Å². The summed E-state index contributed by atoms with van der Waals surface area (Å²) in [6.07, 6.45) is 0. The molecule has 0 aliphatic carbocycles. The number of benzene rings is 1. The zero-order valence-electron chi connectivity index (χ0n) is 11.9. The molecule has 0 spiro atoms. The Hall–Kier alpha value is -1.33. The molecule has 0 aliphatic heterocycles. The van der Waals surface area contributed by atoms with Gasteiger partial charge in [-0.1, -0.05) is 23.8 Å². The van der Waals surface area contributed by atoms with Crippen LogP contribution in [0.2, 0.25) is 5.02 Å². The maximum absolute atomic E-state index is 11.9. The average Bonchev–Trinajstić information content (AvgIpc) is 2.35. The summed E-state index contributed by atoms with van der Waals surface area (Å²) in [5.74, 6) is -0.0364. The molecule has 3 N–H and O–H groups in total. The SMILES string of the molecule is CCN(CC(=O)NC(C)C)c1ccc(Cl)cc1C(N)=S. The fourth-order valence-electron chi connectivity index (χ4n) is 1.89. The average molecular weight is 314 g/mol. The molecular weight excluding hydrogens is 294 g/mol. The van der Waals surface area contributed by atoms with Gasteiger partial charge in [0.25, 0.3) is 0 Å². The van der Waals surface area contributed by atoms with Crippen LogP contribution in [-0.4, -0.2) is 30.0 Å². The minimum Gasteiger partial charge on any atom is -0.389 e. The first-order valence-electron chi connectivity index (χ1n) is 6.48. The number of nitrogens with one attached hydrogen (secondary N) is 1. The van der Waals surface area contributed by atoms with Crippen LogP contribution in [0.25, 0.3) is 0 Å². The van der Waals surface area contributed by atoms with Gasteiger partial charge in [-0.15, -0.1) is 0 Å². The fraction of sp³-hybridized carbons (Fsp3) is 0.429. The van der Waals surface area contributed by atoms with E-state index in [-0.39, 0.29) is 23.5 Å². The van der Waals surface area contributed by atoms with Gasteiger partial charge in [-0.05, 0) is 39.0 Å². The number of nitrogens with two attached hydrogens (primary N) is 1. The molecule has 0 bridgehead atoms. The molecule has 4 nitrogen and oxygen atoms in total.